The summed E-state index contributed by atoms with van der Waals surface area (Å²) in [5.74, 6) is 1.03. The van der Waals surface area contributed by atoms with Gasteiger partial charge < -0.3 is 10.4 Å². The van der Waals surface area contributed by atoms with E-state index in [0.29, 0.717) is 11.7 Å². The average Bonchev–Trinajstić information content (AvgIpc) is 2.54. The topological polar surface area (TPSA) is 35.5 Å². The molecule has 1 heterocycles. The maximum absolute atomic E-state index is 10.6. The van der Waals surface area contributed by atoms with E-state index in [1.807, 2.05) is 12.1 Å². The molecule has 0 unspecified atom stereocenters. The number of aromatic hydroxyl groups is 1. The Balaban J connectivity index is 2.08. The first-order valence-corrected chi connectivity index (χ1v) is 8.32. The van der Waals surface area contributed by atoms with Crippen LogP contribution in [0.2, 0.25) is 0 Å². The summed E-state index contributed by atoms with van der Waals surface area (Å²) < 4.78 is 0. The Morgan fingerprint density at radius 3 is 2.55 bits per heavy atom. The van der Waals surface area contributed by atoms with Crippen LogP contribution in [0.5, 0.6) is 5.75 Å². The first kappa shape index (κ1) is 15.3. The molecule has 1 atom stereocenters. The molecular weight excluding hydrogens is 272 g/mol. The van der Waals surface area contributed by atoms with Crippen molar-refractivity contribution in [3.05, 3.63) is 42.0 Å². The Bertz CT molecular complexity index is 632. The normalized spacial score (nSPS) is 18.0. The van der Waals surface area contributed by atoms with Crippen molar-refractivity contribution < 1.29 is 5.11 Å². The highest BCUT2D eigenvalue weighted by Crippen LogP contribution is 2.38. The van der Waals surface area contributed by atoms with Gasteiger partial charge >= 0.3 is 0 Å². The SMILES string of the molecule is CC(C)C[C@@H](c1c(O)ccc2ccccc12)N1CCNCC1. The number of phenolic OH excluding ortho intramolecular Hbond substituents is 1. The predicted octanol–water partition coefficient (Wildman–Crippen LogP) is 3.54. The Morgan fingerprint density at radius 2 is 1.82 bits per heavy atom. The third kappa shape index (κ3) is 3.11. The first-order chi connectivity index (χ1) is 10.7. The predicted molar refractivity (Wildman–Crippen MR) is 92.3 cm³/mol. The van der Waals surface area contributed by atoms with Gasteiger partial charge in [0.05, 0.1) is 0 Å². The standard InChI is InChI=1S/C19H26N2O/c1-14(2)13-17(21-11-9-20-10-12-21)19-16-6-4-3-5-15(16)7-8-18(19)22/h3-8,14,17,20,22H,9-13H2,1-2H3/t17-/m0/s1. The average molecular weight is 298 g/mol. The summed E-state index contributed by atoms with van der Waals surface area (Å²) in [4.78, 5) is 2.53. The van der Waals surface area contributed by atoms with Crippen molar-refractivity contribution in [2.24, 2.45) is 5.92 Å². The van der Waals surface area contributed by atoms with Crippen LogP contribution in [0.15, 0.2) is 36.4 Å². The van der Waals surface area contributed by atoms with Crippen molar-refractivity contribution >= 4 is 10.8 Å². The number of phenols is 1. The zero-order valence-corrected chi connectivity index (χ0v) is 13.5. The molecule has 1 aliphatic rings. The molecule has 0 aromatic heterocycles. The molecule has 3 rings (SSSR count). The maximum Gasteiger partial charge on any atom is 0.121 e. The van der Waals surface area contributed by atoms with E-state index in [2.05, 4.69) is 48.3 Å². The van der Waals surface area contributed by atoms with E-state index in [4.69, 9.17) is 0 Å². The molecule has 3 nitrogen and oxygen atoms in total. The zero-order valence-electron chi connectivity index (χ0n) is 13.5. The third-order valence-electron chi connectivity index (χ3n) is 4.57. The minimum atomic E-state index is 0.285. The van der Waals surface area contributed by atoms with Gasteiger partial charge in [0, 0.05) is 37.8 Å². The van der Waals surface area contributed by atoms with Crippen molar-refractivity contribution in [1.29, 1.82) is 0 Å². The number of rotatable bonds is 4. The van der Waals surface area contributed by atoms with Gasteiger partial charge in [-0.2, -0.15) is 0 Å². The van der Waals surface area contributed by atoms with Crippen LogP contribution in [0.1, 0.15) is 31.9 Å². The van der Waals surface area contributed by atoms with Gasteiger partial charge in [-0.05, 0) is 29.2 Å². The molecule has 2 N–H and O–H groups in total. The molecule has 0 bridgehead atoms. The number of hydrogen-bond donors (Lipinski definition) is 2. The third-order valence-corrected chi connectivity index (χ3v) is 4.57. The maximum atomic E-state index is 10.6. The summed E-state index contributed by atoms with van der Waals surface area (Å²) >= 11 is 0. The molecule has 1 fully saturated rings. The van der Waals surface area contributed by atoms with E-state index in [9.17, 15) is 5.11 Å². The van der Waals surface area contributed by atoms with Gasteiger partial charge in [-0.3, -0.25) is 4.90 Å². The molecule has 0 saturated carbocycles. The summed E-state index contributed by atoms with van der Waals surface area (Å²) in [6.45, 7) is 8.66. The second-order valence-electron chi connectivity index (χ2n) is 6.65. The van der Waals surface area contributed by atoms with Crippen LogP contribution in [-0.2, 0) is 0 Å². The van der Waals surface area contributed by atoms with E-state index in [-0.39, 0.29) is 6.04 Å². The fourth-order valence-corrected chi connectivity index (χ4v) is 3.52. The highest BCUT2D eigenvalue weighted by atomic mass is 16.3. The van der Waals surface area contributed by atoms with Crippen molar-refractivity contribution in [3.8, 4) is 5.75 Å². The van der Waals surface area contributed by atoms with Crippen LogP contribution < -0.4 is 5.32 Å². The van der Waals surface area contributed by atoms with Crippen LogP contribution in [-0.4, -0.2) is 36.2 Å². The quantitative estimate of drug-likeness (QED) is 0.906. The lowest BCUT2D eigenvalue weighted by Gasteiger charge is -2.37. The van der Waals surface area contributed by atoms with Crippen LogP contribution in [0.3, 0.4) is 0 Å². The molecule has 1 aliphatic heterocycles. The van der Waals surface area contributed by atoms with Crippen molar-refractivity contribution in [1.82, 2.24) is 10.2 Å². The number of piperazine rings is 1. The fraction of sp³-hybridized carbons (Fsp3) is 0.474. The van der Waals surface area contributed by atoms with E-state index < -0.39 is 0 Å². The van der Waals surface area contributed by atoms with Crippen molar-refractivity contribution in [2.45, 2.75) is 26.3 Å². The molecule has 2 aromatic rings. The lowest BCUT2D eigenvalue weighted by atomic mass is 9.90. The molecule has 118 valence electrons. The van der Waals surface area contributed by atoms with Crippen LogP contribution in [0.4, 0.5) is 0 Å². The summed E-state index contributed by atoms with van der Waals surface area (Å²) in [7, 11) is 0. The Morgan fingerprint density at radius 1 is 1.09 bits per heavy atom. The number of nitrogens with one attached hydrogen (secondary N) is 1. The highest BCUT2D eigenvalue weighted by Gasteiger charge is 2.26. The van der Waals surface area contributed by atoms with Gasteiger partial charge in [0.15, 0.2) is 0 Å². The molecule has 0 aliphatic carbocycles. The lowest BCUT2D eigenvalue weighted by molar-refractivity contribution is 0.153. The number of hydrogen-bond acceptors (Lipinski definition) is 3. The van der Waals surface area contributed by atoms with Crippen molar-refractivity contribution in [3.63, 3.8) is 0 Å². The molecule has 22 heavy (non-hydrogen) atoms. The number of benzene rings is 2. The molecule has 1 saturated heterocycles. The van der Waals surface area contributed by atoms with E-state index in [1.165, 1.54) is 10.8 Å². The summed E-state index contributed by atoms with van der Waals surface area (Å²) in [6.07, 6.45) is 1.07. The summed E-state index contributed by atoms with van der Waals surface area (Å²) in [6, 6.07) is 12.5. The molecule has 2 aromatic carbocycles. The van der Waals surface area contributed by atoms with Gasteiger partial charge in [0.2, 0.25) is 0 Å². The van der Waals surface area contributed by atoms with E-state index >= 15 is 0 Å². The van der Waals surface area contributed by atoms with Gasteiger partial charge in [-0.25, -0.2) is 0 Å². The Kier molecular flexibility index (Phi) is 4.65. The molecule has 3 heteroatoms. The summed E-state index contributed by atoms with van der Waals surface area (Å²) in [5.41, 5.74) is 1.11. The smallest absolute Gasteiger partial charge is 0.121 e. The van der Waals surface area contributed by atoms with Gasteiger partial charge in [-0.15, -0.1) is 0 Å². The first-order valence-electron chi connectivity index (χ1n) is 8.32. The fourth-order valence-electron chi connectivity index (χ4n) is 3.52. The van der Waals surface area contributed by atoms with Gasteiger partial charge in [0.25, 0.3) is 0 Å². The van der Waals surface area contributed by atoms with Crippen molar-refractivity contribution in [2.75, 3.05) is 26.2 Å². The minimum absolute atomic E-state index is 0.285. The second kappa shape index (κ2) is 6.67. The zero-order chi connectivity index (χ0) is 15.5. The summed E-state index contributed by atoms with van der Waals surface area (Å²) in [5, 5.41) is 16.4. The van der Waals surface area contributed by atoms with Crippen LogP contribution in [0, 0.1) is 5.92 Å². The molecule has 0 amide bonds. The van der Waals surface area contributed by atoms with E-state index in [0.717, 1.165) is 38.2 Å². The monoisotopic (exact) mass is 298 g/mol. The molecule has 0 radical (unpaired) electrons. The van der Waals surface area contributed by atoms with Crippen LogP contribution in [0.25, 0.3) is 10.8 Å². The van der Waals surface area contributed by atoms with E-state index in [1.54, 1.807) is 0 Å². The molecular formula is C19H26N2O. The second-order valence-corrected chi connectivity index (χ2v) is 6.65. The van der Waals surface area contributed by atoms with Crippen LogP contribution >= 0.6 is 0 Å². The van der Waals surface area contributed by atoms with Gasteiger partial charge in [-0.1, -0.05) is 44.2 Å². The Hall–Kier alpha value is -1.58. The van der Waals surface area contributed by atoms with Gasteiger partial charge in [0.1, 0.15) is 5.75 Å². The number of nitrogens with zero attached hydrogens (tertiary/aromatic N) is 1. The Labute approximate surface area is 132 Å². The lowest BCUT2D eigenvalue weighted by Crippen LogP contribution is -2.45. The molecule has 0 spiro atoms. The number of fused-ring (bicyclic) bond motifs is 1. The highest BCUT2D eigenvalue weighted by molar-refractivity contribution is 5.88. The largest absolute Gasteiger partial charge is 0.508 e. The minimum Gasteiger partial charge on any atom is -0.508 e.